The fourth-order valence-electron chi connectivity index (χ4n) is 4.21. The van der Waals surface area contributed by atoms with Crippen LogP contribution in [0.3, 0.4) is 0 Å². The molecule has 2 aromatic rings. The molecule has 2 aromatic carbocycles. The van der Waals surface area contributed by atoms with E-state index in [1.165, 1.54) is 0 Å². The fraction of sp³-hybridized carbons (Fsp3) is 0.516. The summed E-state index contributed by atoms with van der Waals surface area (Å²) in [5.41, 5.74) is 2.93. The van der Waals surface area contributed by atoms with Gasteiger partial charge in [-0.05, 0) is 96.6 Å². The molecule has 0 aliphatic rings. The molecule has 2 N–H and O–H groups in total. The van der Waals surface area contributed by atoms with E-state index in [9.17, 15) is 14.4 Å². The predicted molar refractivity (Wildman–Crippen MR) is 153 cm³/mol. The normalized spacial score (nSPS) is 13.5. The van der Waals surface area contributed by atoms with Gasteiger partial charge in [-0.15, -0.1) is 0 Å². The van der Waals surface area contributed by atoms with Gasteiger partial charge < -0.3 is 20.3 Å². The number of para-hydroxylation sites is 1. The van der Waals surface area contributed by atoms with Gasteiger partial charge in [0.05, 0.1) is 0 Å². The van der Waals surface area contributed by atoms with E-state index in [0.29, 0.717) is 11.3 Å². The number of benzene rings is 2. The van der Waals surface area contributed by atoms with E-state index >= 15 is 0 Å². The Hall–Kier alpha value is -3.35. The van der Waals surface area contributed by atoms with Crippen molar-refractivity contribution < 1.29 is 19.1 Å². The highest BCUT2D eigenvalue weighted by Gasteiger charge is 2.43. The average molecular weight is 524 g/mol. The second-order valence-electron chi connectivity index (χ2n) is 12.3. The van der Waals surface area contributed by atoms with Gasteiger partial charge in [0, 0.05) is 11.2 Å². The second-order valence-corrected chi connectivity index (χ2v) is 12.3. The Morgan fingerprint density at radius 1 is 0.842 bits per heavy atom. The van der Waals surface area contributed by atoms with Crippen molar-refractivity contribution in [3.63, 3.8) is 0 Å². The molecule has 0 heterocycles. The van der Waals surface area contributed by atoms with E-state index in [2.05, 4.69) is 10.6 Å². The van der Waals surface area contributed by atoms with E-state index in [1.54, 1.807) is 25.7 Å². The summed E-state index contributed by atoms with van der Waals surface area (Å²) in [6.07, 6.45) is -0.675. The summed E-state index contributed by atoms with van der Waals surface area (Å²) in [6.45, 7) is 20.6. The van der Waals surface area contributed by atoms with Gasteiger partial charge >= 0.3 is 6.09 Å². The van der Waals surface area contributed by atoms with Crippen molar-refractivity contribution in [1.29, 1.82) is 0 Å². The van der Waals surface area contributed by atoms with Crippen molar-refractivity contribution >= 4 is 23.6 Å². The third-order valence-corrected chi connectivity index (χ3v) is 6.32. The Morgan fingerprint density at radius 3 is 1.95 bits per heavy atom. The fourth-order valence-corrected chi connectivity index (χ4v) is 4.21. The highest BCUT2D eigenvalue weighted by molar-refractivity contribution is 5.99. The number of anilines is 1. The third-order valence-electron chi connectivity index (χ3n) is 6.32. The average Bonchev–Trinajstić information content (AvgIpc) is 2.76. The molecule has 0 aromatic heterocycles. The van der Waals surface area contributed by atoms with Crippen LogP contribution >= 0.6 is 0 Å². The first-order chi connectivity index (χ1) is 17.4. The van der Waals surface area contributed by atoms with Crippen molar-refractivity contribution in [1.82, 2.24) is 10.2 Å². The molecule has 7 nitrogen and oxygen atoms in total. The largest absolute Gasteiger partial charge is 0.444 e. The van der Waals surface area contributed by atoms with Crippen molar-refractivity contribution in [3.8, 4) is 0 Å². The maximum atomic E-state index is 14.3. The standard InChI is InChI=1S/C31H45N3O4/c1-19(2)25(33-29(37)38-31(9,10)11)28(36)34(30(6,7)8)26(23-17-16-20(3)22(5)18-23)27(35)32-24-15-13-12-14-21(24)4/h12-19,25-26H,1-11H3,(H,32,35)(H,33,37). The van der Waals surface area contributed by atoms with Crippen LogP contribution in [-0.4, -0.2) is 40.0 Å². The molecule has 2 unspecified atom stereocenters. The summed E-state index contributed by atoms with van der Waals surface area (Å²) in [4.78, 5) is 42.6. The van der Waals surface area contributed by atoms with Crippen LogP contribution in [0.4, 0.5) is 10.5 Å². The summed E-state index contributed by atoms with van der Waals surface area (Å²) < 4.78 is 5.45. The molecular formula is C31H45N3O4. The second kappa shape index (κ2) is 12.0. The molecule has 0 bridgehead atoms. The number of nitrogens with zero attached hydrogens (tertiary/aromatic N) is 1. The summed E-state index contributed by atoms with van der Waals surface area (Å²) in [5.74, 6) is -0.938. The first-order valence-corrected chi connectivity index (χ1v) is 13.2. The number of hydrogen-bond donors (Lipinski definition) is 2. The van der Waals surface area contributed by atoms with Crippen LogP contribution in [0.25, 0.3) is 0 Å². The number of aryl methyl sites for hydroxylation is 3. The lowest BCUT2D eigenvalue weighted by molar-refractivity contribution is -0.147. The van der Waals surface area contributed by atoms with Crippen LogP contribution in [0.2, 0.25) is 0 Å². The summed E-state index contributed by atoms with van der Waals surface area (Å²) in [5, 5.41) is 5.81. The van der Waals surface area contributed by atoms with Crippen molar-refractivity contribution in [3.05, 3.63) is 64.7 Å². The molecule has 2 rings (SSSR count). The number of hydrogen-bond acceptors (Lipinski definition) is 4. The topological polar surface area (TPSA) is 87.7 Å². The van der Waals surface area contributed by atoms with Gasteiger partial charge in [0.1, 0.15) is 17.7 Å². The van der Waals surface area contributed by atoms with Crippen molar-refractivity contribution in [2.24, 2.45) is 5.92 Å². The maximum Gasteiger partial charge on any atom is 0.408 e. The Bertz CT molecular complexity index is 1160. The summed E-state index contributed by atoms with van der Waals surface area (Å²) >= 11 is 0. The smallest absolute Gasteiger partial charge is 0.408 e. The Morgan fingerprint density at radius 2 is 1.45 bits per heavy atom. The zero-order chi connectivity index (χ0) is 29.0. The Balaban J connectivity index is 2.63. The number of nitrogens with one attached hydrogen (secondary N) is 2. The van der Waals surface area contributed by atoms with Crippen LogP contribution in [0.5, 0.6) is 0 Å². The summed E-state index contributed by atoms with van der Waals surface area (Å²) in [6, 6.07) is 11.5. The van der Waals surface area contributed by atoms with E-state index in [0.717, 1.165) is 16.7 Å². The van der Waals surface area contributed by atoms with Gasteiger partial charge in [0.25, 0.3) is 5.91 Å². The number of alkyl carbamates (subject to hydrolysis) is 1. The van der Waals surface area contributed by atoms with Crippen LogP contribution in [0, 0.1) is 26.7 Å². The van der Waals surface area contributed by atoms with E-state index in [4.69, 9.17) is 4.74 Å². The van der Waals surface area contributed by atoms with E-state index in [-0.39, 0.29) is 17.7 Å². The molecule has 0 aliphatic heterocycles. The van der Waals surface area contributed by atoms with Crippen LogP contribution in [0.15, 0.2) is 42.5 Å². The molecular weight excluding hydrogens is 478 g/mol. The molecule has 208 valence electrons. The SMILES string of the molecule is Cc1ccc(C(C(=O)Nc2ccccc2C)N(C(=O)C(NC(=O)OC(C)(C)C)C(C)C)C(C)(C)C)cc1C. The van der Waals surface area contributed by atoms with E-state index in [1.807, 2.05) is 97.9 Å². The van der Waals surface area contributed by atoms with Gasteiger partial charge in [0.15, 0.2) is 0 Å². The van der Waals surface area contributed by atoms with Crippen molar-refractivity contribution in [2.75, 3.05) is 5.32 Å². The molecule has 0 saturated heterocycles. The highest BCUT2D eigenvalue weighted by atomic mass is 16.6. The molecule has 0 spiro atoms. The molecule has 0 aliphatic carbocycles. The molecule has 0 fully saturated rings. The Kier molecular flexibility index (Phi) is 9.76. The number of carbonyl (C=O) groups excluding carboxylic acids is 3. The number of ether oxygens (including phenoxy) is 1. The van der Waals surface area contributed by atoms with Crippen molar-refractivity contribution in [2.45, 2.75) is 99.4 Å². The molecule has 0 radical (unpaired) electrons. The first-order valence-electron chi connectivity index (χ1n) is 13.2. The molecule has 7 heteroatoms. The van der Waals surface area contributed by atoms with Gasteiger partial charge in [-0.3, -0.25) is 9.59 Å². The molecule has 0 saturated carbocycles. The lowest BCUT2D eigenvalue weighted by Gasteiger charge is -2.43. The van der Waals surface area contributed by atoms with Gasteiger partial charge in [-0.25, -0.2) is 4.79 Å². The van der Waals surface area contributed by atoms with Gasteiger partial charge in [0.2, 0.25) is 5.91 Å². The van der Waals surface area contributed by atoms with Crippen LogP contribution in [0.1, 0.15) is 83.7 Å². The maximum absolute atomic E-state index is 14.3. The number of amides is 3. The Labute approximate surface area is 228 Å². The lowest BCUT2D eigenvalue weighted by atomic mass is 9.92. The number of rotatable bonds is 7. The van der Waals surface area contributed by atoms with Crippen LogP contribution in [-0.2, 0) is 14.3 Å². The van der Waals surface area contributed by atoms with Crippen LogP contribution < -0.4 is 10.6 Å². The zero-order valence-corrected chi connectivity index (χ0v) is 24.9. The minimum Gasteiger partial charge on any atom is -0.444 e. The molecule has 3 amide bonds. The molecule has 38 heavy (non-hydrogen) atoms. The molecule has 2 atom stereocenters. The van der Waals surface area contributed by atoms with E-state index < -0.39 is 29.3 Å². The van der Waals surface area contributed by atoms with Gasteiger partial charge in [-0.1, -0.05) is 50.2 Å². The number of carbonyl (C=O) groups is 3. The third kappa shape index (κ3) is 8.07. The minimum atomic E-state index is -0.942. The lowest BCUT2D eigenvalue weighted by Crippen LogP contribution is -2.59. The predicted octanol–water partition coefficient (Wildman–Crippen LogP) is 6.47. The first kappa shape index (κ1) is 30.9. The highest BCUT2D eigenvalue weighted by Crippen LogP contribution is 2.33. The minimum absolute atomic E-state index is 0.250. The monoisotopic (exact) mass is 523 g/mol. The quantitative estimate of drug-likeness (QED) is 0.435. The summed E-state index contributed by atoms with van der Waals surface area (Å²) in [7, 11) is 0. The van der Waals surface area contributed by atoms with Gasteiger partial charge in [-0.2, -0.15) is 0 Å². The zero-order valence-electron chi connectivity index (χ0n) is 24.9.